The van der Waals surface area contributed by atoms with E-state index < -0.39 is 0 Å². The molecule has 0 spiro atoms. The van der Waals surface area contributed by atoms with Gasteiger partial charge in [0.2, 0.25) is 5.28 Å². The third-order valence-corrected chi connectivity index (χ3v) is 5.04. The number of hydrogen-bond donors (Lipinski definition) is 0. The number of halogens is 1. The van der Waals surface area contributed by atoms with Crippen molar-refractivity contribution in [2.24, 2.45) is 0 Å². The van der Waals surface area contributed by atoms with Crippen molar-refractivity contribution < 1.29 is 0 Å². The minimum Gasteiger partial charge on any atom is -0.208 e. The van der Waals surface area contributed by atoms with Crippen LogP contribution in [0.2, 0.25) is 5.28 Å². The van der Waals surface area contributed by atoms with Crippen molar-refractivity contribution in [1.82, 2.24) is 15.0 Å². The summed E-state index contributed by atoms with van der Waals surface area (Å²) in [6.07, 6.45) is 0. The van der Waals surface area contributed by atoms with Gasteiger partial charge >= 0.3 is 0 Å². The second-order valence-electron chi connectivity index (χ2n) is 6.73. The molecule has 0 fully saturated rings. The van der Waals surface area contributed by atoms with Crippen LogP contribution in [0.3, 0.4) is 0 Å². The molecule has 0 saturated heterocycles. The van der Waals surface area contributed by atoms with Crippen LogP contribution in [-0.4, -0.2) is 15.0 Å². The maximum Gasteiger partial charge on any atom is 0.226 e. The Morgan fingerprint density at radius 2 is 1.21 bits per heavy atom. The van der Waals surface area contributed by atoms with Gasteiger partial charge in [0.15, 0.2) is 11.6 Å². The zero-order chi connectivity index (χ0) is 19.6. The van der Waals surface area contributed by atoms with E-state index in [0.717, 1.165) is 21.9 Å². The Kier molecular flexibility index (Phi) is 4.51. The maximum absolute atomic E-state index is 6.24. The smallest absolute Gasteiger partial charge is 0.208 e. The van der Waals surface area contributed by atoms with Crippen molar-refractivity contribution in [2.45, 2.75) is 0 Å². The lowest BCUT2D eigenvalue weighted by atomic mass is 9.98. The summed E-state index contributed by atoms with van der Waals surface area (Å²) in [6.45, 7) is 0. The molecule has 29 heavy (non-hydrogen) atoms. The van der Waals surface area contributed by atoms with E-state index in [4.69, 9.17) is 16.6 Å². The summed E-state index contributed by atoms with van der Waals surface area (Å²) < 4.78 is 0. The molecular weight excluding hydrogens is 378 g/mol. The molecule has 5 aromatic rings. The Bertz CT molecular complexity index is 1300. The standard InChI is InChI=1S/C25H16ClN3/c26-25-28-23(18-10-5-2-6-11-18)27-24(29-25)22-13-7-12-20-16-19(14-15-21(20)22)17-8-3-1-4-9-17/h1-16H. The summed E-state index contributed by atoms with van der Waals surface area (Å²) in [4.78, 5) is 13.4. The van der Waals surface area contributed by atoms with Crippen LogP contribution in [0.4, 0.5) is 0 Å². The Morgan fingerprint density at radius 1 is 0.517 bits per heavy atom. The van der Waals surface area contributed by atoms with Gasteiger partial charge in [-0.3, -0.25) is 0 Å². The lowest BCUT2D eigenvalue weighted by molar-refractivity contribution is 1.07. The van der Waals surface area contributed by atoms with Crippen LogP contribution in [0.5, 0.6) is 0 Å². The molecule has 0 unspecified atom stereocenters. The Balaban J connectivity index is 1.65. The lowest BCUT2D eigenvalue weighted by Gasteiger charge is -2.09. The van der Waals surface area contributed by atoms with E-state index in [1.807, 2.05) is 60.7 Å². The fourth-order valence-corrected chi connectivity index (χ4v) is 3.64. The molecule has 0 saturated carbocycles. The van der Waals surface area contributed by atoms with Crippen molar-refractivity contribution >= 4 is 22.4 Å². The summed E-state index contributed by atoms with van der Waals surface area (Å²) in [6, 6.07) is 32.7. The van der Waals surface area contributed by atoms with Crippen LogP contribution in [0.15, 0.2) is 97.1 Å². The minimum atomic E-state index is 0.187. The van der Waals surface area contributed by atoms with Gasteiger partial charge in [-0.05, 0) is 39.6 Å². The lowest BCUT2D eigenvalue weighted by Crippen LogP contribution is -1.97. The second kappa shape index (κ2) is 7.46. The summed E-state index contributed by atoms with van der Waals surface area (Å²) in [5.41, 5.74) is 4.21. The Hall–Kier alpha value is -3.56. The van der Waals surface area contributed by atoms with Crippen molar-refractivity contribution in [3.05, 3.63) is 102 Å². The van der Waals surface area contributed by atoms with Crippen LogP contribution in [-0.2, 0) is 0 Å². The first-order valence-corrected chi connectivity index (χ1v) is 9.71. The van der Waals surface area contributed by atoms with Crippen LogP contribution >= 0.6 is 11.6 Å². The number of rotatable bonds is 3. The molecule has 0 aliphatic heterocycles. The van der Waals surface area contributed by atoms with E-state index in [-0.39, 0.29) is 5.28 Å². The zero-order valence-corrected chi connectivity index (χ0v) is 16.2. The first-order valence-electron chi connectivity index (χ1n) is 9.33. The van der Waals surface area contributed by atoms with Crippen molar-refractivity contribution in [3.8, 4) is 33.9 Å². The normalized spacial score (nSPS) is 10.9. The molecule has 1 heterocycles. The second-order valence-corrected chi connectivity index (χ2v) is 7.06. The molecule has 0 aliphatic carbocycles. The Labute approximate surface area is 173 Å². The van der Waals surface area contributed by atoms with Gasteiger partial charge in [0.05, 0.1) is 0 Å². The van der Waals surface area contributed by atoms with Gasteiger partial charge < -0.3 is 0 Å². The summed E-state index contributed by atoms with van der Waals surface area (Å²) in [5.74, 6) is 1.14. The highest BCUT2D eigenvalue weighted by Crippen LogP contribution is 2.31. The maximum atomic E-state index is 6.24. The van der Waals surface area contributed by atoms with Crippen LogP contribution in [0, 0.1) is 0 Å². The third-order valence-electron chi connectivity index (χ3n) is 4.87. The van der Waals surface area contributed by atoms with E-state index in [1.165, 1.54) is 11.1 Å². The third kappa shape index (κ3) is 3.48. The van der Waals surface area contributed by atoms with Gasteiger partial charge in [0, 0.05) is 11.1 Å². The fraction of sp³-hybridized carbons (Fsp3) is 0. The predicted octanol–water partition coefficient (Wildman–Crippen LogP) is 6.68. The van der Waals surface area contributed by atoms with Crippen molar-refractivity contribution in [1.29, 1.82) is 0 Å². The molecule has 0 atom stereocenters. The molecule has 3 nitrogen and oxygen atoms in total. The molecular formula is C25H16ClN3. The van der Waals surface area contributed by atoms with Gasteiger partial charge in [0.25, 0.3) is 0 Å². The summed E-state index contributed by atoms with van der Waals surface area (Å²) in [7, 11) is 0. The SMILES string of the molecule is Clc1nc(-c2ccccc2)nc(-c2cccc3cc(-c4ccccc4)ccc23)n1. The number of aromatic nitrogens is 3. The fourth-order valence-electron chi connectivity index (χ4n) is 3.48. The quantitative estimate of drug-likeness (QED) is 0.343. The average Bonchev–Trinajstić information content (AvgIpc) is 2.79. The van der Waals surface area contributed by atoms with Gasteiger partial charge in [0.1, 0.15) is 0 Å². The largest absolute Gasteiger partial charge is 0.226 e. The van der Waals surface area contributed by atoms with Crippen LogP contribution < -0.4 is 0 Å². The number of hydrogen-bond acceptors (Lipinski definition) is 3. The van der Waals surface area contributed by atoms with Gasteiger partial charge in [-0.2, -0.15) is 9.97 Å². The van der Waals surface area contributed by atoms with Crippen molar-refractivity contribution in [3.63, 3.8) is 0 Å². The van der Waals surface area contributed by atoms with Crippen molar-refractivity contribution in [2.75, 3.05) is 0 Å². The summed E-state index contributed by atoms with van der Waals surface area (Å²) >= 11 is 6.24. The van der Waals surface area contributed by atoms with E-state index in [2.05, 4.69) is 46.4 Å². The van der Waals surface area contributed by atoms with Gasteiger partial charge in [-0.1, -0.05) is 91.0 Å². The number of fused-ring (bicyclic) bond motifs is 1. The zero-order valence-electron chi connectivity index (χ0n) is 15.5. The van der Waals surface area contributed by atoms with Crippen LogP contribution in [0.25, 0.3) is 44.7 Å². The van der Waals surface area contributed by atoms with E-state index >= 15 is 0 Å². The van der Waals surface area contributed by atoms with Gasteiger partial charge in [-0.15, -0.1) is 0 Å². The van der Waals surface area contributed by atoms with E-state index in [1.54, 1.807) is 0 Å². The molecule has 0 N–H and O–H groups in total. The summed E-state index contributed by atoms with van der Waals surface area (Å²) in [5, 5.41) is 2.39. The predicted molar refractivity (Wildman–Crippen MR) is 119 cm³/mol. The highest BCUT2D eigenvalue weighted by atomic mass is 35.5. The van der Waals surface area contributed by atoms with Gasteiger partial charge in [-0.25, -0.2) is 4.98 Å². The van der Waals surface area contributed by atoms with E-state index in [9.17, 15) is 0 Å². The average molecular weight is 394 g/mol. The highest BCUT2D eigenvalue weighted by Gasteiger charge is 2.12. The molecule has 0 bridgehead atoms. The molecule has 138 valence electrons. The molecule has 0 radical (unpaired) electrons. The molecule has 4 aromatic carbocycles. The minimum absolute atomic E-state index is 0.187. The molecule has 0 aliphatic rings. The topological polar surface area (TPSA) is 38.7 Å². The molecule has 4 heteroatoms. The first-order chi connectivity index (χ1) is 14.3. The highest BCUT2D eigenvalue weighted by molar-refractivity contribution is 6.28. The Morgan fingerprint density at radius 3 is 1.97 bits per heavy atom. The molecule has 1 aromatic heterocycles. The molecule has 0 amide bonds. The monoisotopic (exact) mass is 393 g/mol. The van der Waals surface area contributed by atoms with E-state index in [0.29, 0.717) is 11.6 Å². The number of benzene rings is 4. The first kappa shape index (κ1) is 17.5. The number of nitrogens with zero attached hydrogens (tertiary/aromatic N) is 3. The molecule has 5 rings (SSSR count). The van der Waals surface area contributed by atoms with Crippen LogP contribution in [0.1, 0.15) is 0 Å².